The topological polar surface area (TPSA) is 82.5 Å². The Morgan fingerprint density at radius 2 is 2.11 bits per heavy atom. The second-order valence-electron chi connectivity index (χ2n) is 4.91. The van der Waals surface area contributed by atoms with Gasteiger partial charge in [-0.1, -0.05) is 6.92 Å². The zero-order valence-corrected chi connectivity index (χ0v) is 11.2. The lowest BCUT2D eigenvalue weighted by molar-refractivity contribution is 0.0696. The first-order valence-corrected chi connectivity index (χ1v) is 5.96. The van der Waals surface area contributed by atoms with E-state index in [-0.39, 0.29) is 5.56 Å². The van der Waals surface area contributed by atoms with E-state index in [1.165, 1.54) is 6.07 Å². The van der Waals surface area contributed by atoms with Gasteiger partial charge in [-0.3, -0.25) is 0 Å². The number of carbonyl (C=O) groups is 1. The summed E-state index contributed by atoms with van der Waals surface area (Å²) < 4.78 is 0. The van der Waals surface area contributed by atoms with Gasteiger partial charge in [-0.05, 0) is 39.3 Å². The van der Waals surface area contributed by atoms with Gasteiger partial charge >= 0.3 is 5.97 Å². The smallest absolute Gasteiger partial charge is 0.335 e. The van der Waals surface area contributed by atoms with Crippen molar-refractivity contribution in [3.05, 3.63) is 23.4 Å². The van der Waals surface area contributed by atoms with Crippen LogP contribution in [0.4, 0.5) is 5.82 Å². The molecule has 1 heterocycles. The zero-order chi connectivity index (χ0) is 13.9. The molecule has 0 aromatic carbocycles. The maximum Gasteiger partial charge on any atom is 0.335 e. The molecule has 5 nitrogen and oxygen atoms in total. The van der Waals surface area contributed by atoms with Crippen molar-refractivity contribution in [3.8, 4) is 0 Å². The Balaban J connectivity index is 3.09. The van der Waals surface area contributed by atoms with Crippen molar-refractivity contribution >= 4 is 11.8 Å². The number of rotatable bonds is 5. The van der Waals surface area contributed by atoms with Crippen LogP contribution >= 0.6 is 0 Å². The molecule has 3 N–H and O–H groups in total. The van der Waals surface area contributed by atoms with Crippen LogP contribution in [0.25, 0.3) is 0 Å². The normalized spacial score (nSPS) is 13.2. The summed E-state index contributed by atoms with van der Waals surface area (Å²) in [6.07, 6.45) is 0.0723. The van der Waals surface area contributed by atoms with Crippen LogP contribution in [0.5, 0.6) is 0 Å². The minimum atomic E-state index is -0.981. The molecule has 0 radical (unpaired) electrons. The molecule has 5 heteroatoms. The number of aromatic nitrogens is 1. The molecule has 0 aliphatic carbocycles. The lowest BCUT2D eigenvalue weighted by atomic mass is 9.99. The van der Waals surface area contributed by atoms with Crippen LogP contribution in [0, 0.1) is 0 Å². The number of aromatic carboxylic acids is 1. The minimum absolute atomic E-state index is 0.200. The van der Waals surface area contributed by atoms with Crippen molar-refractivity contribution in [2.24, 2.45) is 0 Å². The molecule has 1 aromatic heterocycles. The molecule has 0 fully saturated rings. The molecule has 1 aromatic rings. The van der Waals surface area contributed by atoms with E-state index in [4.69, 9.17) is 5.11 Å². The third kappa shape index (κ3) is 3.43. The summed E-state index contributed by atoms with van der Waals surface area (Å²) >= 11 is 0. The maximum atomic E-state index is 11.0. The first-order chi connectivity index (χ1) is 8.26. The average Bonchev–Trinajstić information content (AvgIpc) is 2.27. The van der Waals surface area contributed by atoms with Gasteiger partial charge < -0.3 is 15.5 Å². The Hall–Kier alpha value is -1.62. The molecule has 1 unspecified atom stereocenters. The summed E-state index contributed by atoms with van der Waals surface area (Å²) in [6.45, 7) is 7.25. The number of anilines is 1. The molecule has 0 saturated heterocycles. The number of aliphatic hydroxyl groups excluding tert-OH is 1. The molecule has 0 aliphatic heterocycles. The summed E-state index contributed by atoms with van der Waals surface area (Å²) in [5.41, 5.74) is 0.333. The number of hydrogen-bond acceptors (Lipinski definition) is 4. The summed E-state index contributed by atoms with van der Waals surface area (Å²) in [5.74, 6) is -0.511. The van der Waals surface area contributed by atoms with Crippen molar-refractivity contribution < 1.29 is 15.0 Å². The van der Waals surface area contributed by atoms with E-state index in [9.17, 15) is 9.90 Å². The van der Waals surface area contributed by atoms with E-state index in [1.807, 2.05) is 20.8 Å². The molecule has 0 saturated carbocycles. The number of aryl methyl sites for hydroxylation is 1. The lowest BCUT2D eigenvalue weighted by Gasteiger charge is -2.30. The molecule has 18 heavy (non-hydrogen) atoms. The fourth-order valence-electron chi connectivity index (χ4n) is 1.39. The van der Waals surface area contributed by atoms with Gasteiger partial charge in [0, 0.05) is 5.69 Å². The first-order valence-electron chi connectivity index (χ1n) is 5.96. The second kappa shape index (κ2) is 5.35. The highest BCUT2D eigenvalue weighted by atomic mass is 16.4. The van der Waals surface area contributed by atoms with Crippen molar-refractivity contribution in [3.63, 3.8) is 0 Å². The molecular formula is C13H20N2O3. The quantitative estimate of drug-likeness (QED) is 0.745. The predicted octanol–water partition coefficient (Wildman–Crippen LogP) is 1.91. The van der Waals surface area contributed by atoms with Crippen LogP contribution in [0.15, 0.2) is 12.1 Å². The number of carboxylic acid groups (broad SMARTS) is 1. The molecule has 1 atom stereocenters. The van der Waals surface area contributed by atoms with E-state index in [2.05, 4.69) is 10.3 Å². The van der Waals surface area contributed by atoms with Crippen molar-refractivity contribution in [2.45, 2.75) is 45.8 Å². The molecule has 0 bridgehead atoms. The molecule has 0 aliphatic rings. The Labute approximate surface area is 107 Å². The van der Waals surface area contributed by atoms with Crippen LogP contribution in [-0.2, 0) is 6.42 Å². The Kier molecular flexibility index (Phi) is 4.29. The fourth-order valence-corrected chi connectivity index (χ4v) is 1.39. The van der Waals surface area contributed by atoms with Gasteiger partial charge in [-0.2, -0.15) is 0 Å². The highest BCUT2D eigenvalue weighted by molar-refractivity contribution is 5.88. The number of carboxylic acids is 1. The van der Waals surface area contributed by atoms with Crippen LogP contribution in [0.2, 0.25) is 0 Å². The largest absolute Gasteiger partial charge is 0.478 e. The lowest BCUT2D eigenvalue weighted by Crippen LogP contribution is -2.42. The number of hydrogen-bond donors (Lipinski definition) is 3. The van der Waals surface area contributed by atoms with E-state index >= 15 is 0 Å². The number of nitrogens with zero attached hydrogens (tertiary/aromatic N) is 1. The predicted molar refractivity (Wildman–Crippen MR) is 70.0 cm³/mol. The van der Waals surface area contributed by atoms with Crippen LogP contribution < -0.4 is 5.32 Å². The molecular weight excluding hydrogens is 232 g/mol. The van der Waals surface area contributed by atoms with E-state index in [0.717, 1.165) is 0 Å². The van der Waals surface area contributed by atoms with E-state index in [0.29, 0.717) is 17.9 Å². The van der Waals surface area contributed by atoms with Crippen LogP contribution in [-0.4, -0.2) is 32.8 Å². The summed E-state index contributed by atoms with van der Waals surface area (Å²) in [6, 6.07) is 3.04. The van der Waals surface area contributed by atoms with Gasteiger partial charge in [0.25, 0.3) is 0 Å². The average molecular weight is 252 g/mol. The maximum absolute atomic E-state index is 11.0. The molecule has 0 amide bonds. The number of nitrogens with one attached hydrogen (secondary N) is 1. The fraction of sp³-hybridized carbons (Fsp3) is 0.538. The SMILES string of the molecule is CCc1cc(C(=O)O)cc(NC(C)(C)C(C)O)n1. The summed E-state index contributed by atoms with van der Waals surface area (Å²) in [5, 5.41) is 21.7. The van der Waals surface area contributed by atoms with Gasteiger partial charge in [0.1, 0.15) is 5.82 Å². The Bertz CT molecular complexity index is 442. The van der Waals surface area contributed by atoms with Crippen LogP contribution in [0.3, 0.4) is 0 Å². The molecule has 100 valence electrons. The third-order valence-corrected chi connectivity index (χ3v) is 2.98. The molecule has 1 rings (SSSR count). The zero-order valence-electron chi connectivity index (χ0n) is 11.2. The van der Waals surface area contributed by atoms with Crippen molar-refractivity contribution in [2.75, 3.05) is 5.32 Å². The number of aliphatic hydroxyl groups is 1. The minimum Gasteiger partial charge on any atom is -0.478 e. The second-order valence-corrected chi connectivity index (χ2v) is 4.91. The monoisotopic (exact) mass is 252 g/mol. The van der Waals surface area contributed by atoms with Gasteiger partial charge in [-0.15, -0.1) is 0 Å². The van der Waals surface area contributed by atoms with E-state index in [1.54, 1.807) is 13.0 Å². The Morgan fingerprint density at radius 1 is 1.50 bits per heavy atom. The highest BCUT2D eigenvalue weighted by Gasteiger charge is 2.24. The van der Waals surface area contributed by atoms with Gasteiger partial charge in [0.05, 0.1) is 17.2 Å². The van der Waals surface area contributed by atoms with Gasteiger partial charge in [0.15, 0.2) is 0 Å². The van der Waals surface area contributed by atoms with Gasteiger partial charge in [-0.25, -0.2) is 9.78 Å². The van der Waals surface area contributed by atoms with Gasteiger partial charge in [0.2, 0.25) is 0 Å². The summed E-state index contributed by atoms with van der Waals surface area (Å²) in [4.78, 5) is 15.3. The first kappa shape index (κ1) is 14.4. The van der Waals surface area contributed by atoms with Crippen molar-refractivity contribution in [1.29, 1.82) is 0 Å². The third-order valence-electron chi connectivity index (χ3n) is 2.98. The standard InChI is InChI=1S/C13H20N2O3/c1-5-10-6-9(12(17)18)7-11(14-10)15-13(3,4)8(2)16/h6-8,16H,5H2,1-4H3,(H,14,15)(H,17,18). The van der Waals surface area contributed by atoms with Crippen LogP contribution in [0.1, 0.15) is 43.7 Å². The highest BCUT2D eigenvalue weighted by Crippen LogP contribution is 2.19. The van der Waals surface area contributed by atoms with Crippen molar-refractivity contribution in [1.82, 2.24) is 4.98 Å². The van der Waals surface area contributed by atoms with E-state index < -0.39 is 17.6 Å². The number of pyridine rings is 1. The summed E-state index contributed by atoms with van der Waals surface area (Å²) in [7, 11) is 0. The molecule has 0 spiro atoms. The Morgan fingerprint density at radius 3 is 2.56 bits per heavy atom.